The van der Waals surface area contributed by atoms with Crippen molar-refractivity contribution in [2.45, 2.75) is 26.3 Å². The molecule has 0 atom stereocenters. The van der Waals surface area contributed by atoms with Gasteiger partial charge in [-0.05, 0) is 31.6 Å². The van der Waals surface area contributed by atoms with Crippen molar-refractivity contribution in [1.29, 1.82) is 5.41 Å². The predicted octanol–water partition coefficient (Wildman–Crippen LogP) is 1.60. The van der Waals surface area contributed by atoms with Crippen molar-refractivity contribution in [3.05, 3.63) is 29.6 Å². The average molecular weight is 220 g/mol. The third-order valence-electron chi connectivity index (χ3n) is 2.48. The maximum atomic E-state index is 7.46. The molecule has 4 heteroatoms. The van der Waals surface area contributed by atoms with Crippen LogP contribution in [0, 0.1) is 5.41 Å². The fourth-order valence-electron chi connectivity index (χ4n) is 1.61. The molecule has 3 N–H and O–H groups in total. The molecule has 1 aromatic heterocycles. The van der Waals surface area contributed by atoms with Crippen LogP contribution in [0.5, 0.6) is 0 Å². The van der Waals surface area contributed by atoms with Crippen LogP contribution in [-0.4, -0.2) is 29.3 Å². The molecule has 1 aromatic rings. The zero-order chi connectivity index (χ0) is 12.0. The maximum Gasteiger partial charge on any atom is 0.142 e. The summed E-state index contributed by atoms with van der Waals surface area (Å²) in [5.41, 5.74) is 7.12. The first-order chi connectivity index (χ1) is 7.65. The Morgan fingerprint density at radius 1 is 1.56 bits per heavy atom. The highest BCUT2D eigenvalue weighted by Gasteiger charge is 2.08. The number of unbranched alkanes of at least 4 members (excludes halogenated alkanes) is 1. The zero-order valence-electron chi connectivity index (χ0n) is 10.0. The highest BCUT2D eigenvalue weighted by molar-refractivity contribution is 5.94. The van der Waals surface area contributed by atoms with E-state index in [1.807, 2.05) is 12.1 Å². The number of hydrogen-bond donors (Lipinski definition) is 2. The molecule has 0 aliphatic heterocycles. The number of aromatic nitrogens is 1. The van der Waals surface area contributed by atoms with Gasteiger partial charge in [0.1, 0.15) is 11.5 Å². The Hall–Kier alpha value is -1.42. The van der Waals surface area contributed by atoms with Gasteiger partial charge in [0.2, 0.25) is 0 Å². The molecular weight excluding hydrogens is 200 g/mol. The Morgan fingerprint density at radius 3 is 2.94 bits per heavy atom. The summed E-state index contributed by atoms with van der Waals surface area (Å²) in [6.07, 6.45) is 4.05. The lowest BCUT2D eigenvalue weighted by molar-refractivity contribution is 0.320. The maximum absolute atomic E-state index is 7.46. The molecule has 0 unspecified atom stereocenters. The molecule has 88 valence electrons. The number of nitrogens with zero attached hydrogens (tertiary/aromatic N) is 2. The molecule has 0 radical (unpaired) electrons. The molecule has 4 nitrogen and oxygen atoms in total. The summed E-state index contributed by atoms with van der Waals surface area (Å²) >= 11 is 0. The predicted molar refractivity (Wildman–Crippen MR) is 66.5 cm³/mol. The summed E-state index contributed by atoms with van der Waals surface area (Å²) < 4.78 is 0. The van der Waals surface area contributed by atoms with E-state index >= 15 is 0 Å². The minimum absolute atomic E-state index is 0.0412. The first-order valence-corrected chi connectivity index (χ1v) is 5.62. The van der Waals surface area contributed by atoms with Crippen LogP contribution in [0.3, 0.4) is 0 Å². The van der Waals surface area contributed by atoms with Crippen LogP contribution in [0.4, 0.5) is 0 Å². The van der Waals surface area contributed by atoms with E-state index in [1.54, 1.807) is 6.20 Å². The number of nitrogens with one attached hydrogen (secondary N) is 1. The van der Waals surface area contributed by atoms with Gasteiger partial charge in [-0.15, -0.1) is 0 Å². The van der Waals surface area contributed by atoms with Crippen molar-refractivity contribution >= 4 is 5.84 Å². The molecule has 0 saturated carbocycles. The van der Waals surface area contributed by atoms with Gasteiger partial charge in [-0.3, -0.25) is 10.4 Å². The SMILES string of the molecule is CCCCN(C)Cc1cccnc1C(=N)N. The second-order valence-electron chi connectivity index (χ2n) is 4.02. The largest absolute Gasteiger partial charge is 0.382 e. The van der Waals surface area contributed by atoms with Crippen LogP contribution < -0.4 is 5.73 Å². The molecule has 0 aromatic carbocycles. The lowest BCUT2D eigenvalue weighted by Gasteiger charge is -2.17. The zero-order valence-corrected chi connectivity index (χ0v) is 10.0. The molecule has 0 amide bonds. The average Bonchev–Trinajstić information content (AvgIpc) is 2.27. The number of nitrogens with two attached hydrogens (primary N) is 1. The number of rotatable bonds is 6. The summed E-state index contributed by atoms with van der Waals surface area (Å²) in [6.45, 7) is 4.03. The molecular formula is C12H20N4. The van der Waals surface area contributed by atoms with E-state index in [0.29, 0.717) is 5.69 Å². The lowest BCUT2D eigenvalue weighted by atomic mass is 10.1. The molecule has 1 rings (SSSR count). The molecule has 0 spiro atoms. The summed E-state index contributed by atoms with van der Waals surface area (Å²) in [5, 5.41) is 7.46. The van der Waals surface area contributed by atoms with Crippen LogP contribution in [-0.2, 0) is 6.54 Å². The van der Waals surface area contributed by atoms with Gasteiger partial charge in [0.25, 0.3) is 0 Å². The van der Waals surface area contributed by atoms with Crippen LogP contribution in [0.2, 0.25) is 0 Å². The van der Waals surface area contributed by atoms with Crippen molar-refractivity contribution in [2.24, 2.45) is 5.73 Å². The fraction of sp³-hybridized carbons (Fsp3) is 0.500. The van der Waals surface area contributed by atoms with E-state index in [0.717, 1.165) is 18.7 Å². The number of nitrogen functional groups attached to an aromatic ring is 1. The Balaban J connectivity index is 2.69. The van der Waals surface area contributed by atoms with Crippen LogP contribution >= 0.6 is 0 Å². The number of pyridine rings is 1. The van der Waals surface area contributed by atoms with Gasteiger partial charge in [-0.1, -0.05) is 19.4 Å². The topological polar surface area (TPSA) is 66.0 Å². The number of amidine groups is 1. The van der Waals surface area contributed by atoms with Crippen molar-refractivity contribution in [3.8, 4) is 0 Å². The van der Waals surface area contributed by atoms with Gasteiger partial charge in [-0.2, -0.15) is 0 Å². The van der Waals surface area contributed by atoms with E-state index in [4.69, 9.17) is 11.1 Å². The summed E-state index contributed by atoms with van der Waals surface area (Å²) in [6, 6.07) is 3.86. The molecule has 1 heterocycles. The van der Waals surface area contributed by atoms with E-state index in [-0.39, 0.29) is 5.84 Å². The van der Waals surface area contributed by atoms with E-state index in [9.17, 15) is 0 Å². The van der Waals surface area contributed by atoms with Gasteiger partial charge >= 0.3 is 0 Å². The molecule has 0 aliphatic rings. The Bertz CT molecular complexity index is 349. The molecule has 0 aliphatic carbocycles. The van der Waals surface area contributed by atoms with E-state index < -0.39 is 0 Å². The van der Waals surface area contributed by atoms with Crippen molar-refractivity contribution in [2.75, 3.05) is 13.6 Å². The molecule has 0 fully saturated rings. The standard InChI is InChI=1S/C12H20N4/c1-3-4-8-16(2)9-10-6-5-7-15-11(10)12(13)14/h5-7H,3-4,8-9H2,1-2H3,(H3,13,14). The Morgan fingerprint density at radius 2 is 2.31 bits per heavy atom. The third-order valence-corrected chi connectivity index (χ3v) is 2.48. The number of hydrogen-bond acceptors (Lipinski definition) is 3. The van der Waals surface area contributed by atoms with Gasteiger partial charge in [0.05, 0.1) is 0 Å². The Labute approximate surface area is 97.0 Å². The fourth-order valence-corrected chi connectivity index (χ4v) is 1.61. The second-order valence-corrected chi connectivity index (χ2v) is 4.02. The first-order valence-electron chi connectivity index (χ1n) is 5.62. The van der Waals surface area contributed by atoms with Gasteiger partial charge in [-0.25, -0.2) is 0 Å². The normalized spacial score (nSPS) is 10.7. The minimum atomic E-state index is 0.0412. The summed E-state index contributed by atoms with van der Waals surface area (Å²) in [4.78, 5) is 6.36. The second kappa shape index (κ2) is 6.23. The third kappa shape index (κ3) is 3.62. The highest BCUT2D eigenvalue weighted by atomic mass is 15.1. The van der Waals surface area contributed by atoms with Gasteiger partial charge < -0.3 is 10.6 Å². The van der Waals surface area contributed by atoms with Crippen molar-refractivity contribution < 1.29 is 0 Å². The van der Waals surface area contributed by atoms with E-state index in [1.165, 1.54) is 12.8 Å². The Kier molecular flexibility index (Phi) is 4.92. The van der Waals surface area contributed by atoms with Crippen LogP contribution in [0.1, 0.15) is 31.0 Å². The van der Waals surface area contributed by atoms with Crippen LogP contribution in [0.15, 0.2) is 18.3 Å². The lowest BCUT2D eigenvalue weighted by Crippen LogP contribution is -2.23. The molecule has 16 heavy (non-hydrogen) atoms. The van der Waals surface area contributed by atoms with Gasteiger partial charge in [0.15, 0.2) is 0 Å². The van der Waals surface area contributed by atoms with Gasteiger partial charge in [0, 0.05) is 12.7 Å². The molecule has 0 bridgehead atoms. The summed E-state index contributed by atoms with van der Waals surface area (Å²) in [5.74, 6) is 0.0412. The van der Waals surface area contributed by atoms with Crippen molar-refractivity contribution in [1.82, 2.24) is 9.88 Å². The van der Waals surface area contributed by atoms with E-state index in [2.05, 4.69) is 23.9 Å². The van der Waals surface area contributed by atoms with Crippen molar-refractivity contribution in [3.63, 3.8) is 0 Å². The quantitative estimate of drug-likeness (QED) is 0.565. The molecule has 0 saturated heterocycles. The summed E-state index contributed by atoms with van der Waals surface area (Å²) in [7, 11) is 2.08. The highest BCUT2D eigenvalue weighted by Crippen LogP contribution is 2.08. The van der Waals surface area contributed by atoms with Crippen LogP contribution in [0.25, 0.3) is 0 Å². The minimum Gasteiger partial charge on any atom is -0.382 e. The monoisotopic (exact) mass is 220 g/mol. The smallest absolute Gasteiger partial charge is 0.142 e. The first kappa shape index (κ1) is 12.6.